The van der Waals surface area contributed by atoms with Crippen molar-refractivity contribution in [2.24, 2.45) is 23.7 Å². The average molecular weight is 544 g/mol. The highest BCUT2D eigenvalue weighted by Crippen LogP contribution is 2.55. The van der Waals surface area contributed by atoms with Crippen LogP contribution in [0.2, 0.25) is 0 Å². The van der Waals surface area contributed by atoms with E-state index in [-0.39, 0.29) is 30.3 Å². The molecule has 8 atom stereocenters. The zero-order valence-corrected chi connectivity index (χ0v) is 23.2. The van der Waals surface area contributed by atoms with Crippen molar-refractivity contribution >= 4 is 23.4 Å². The minimum absolute atomic E-state index is 0.0390. The van der Waals surface area contributed by atoms with Crippen LogP contribution in [0, 0.1) is 23.7 Å². The third-order valence-corrected chi connectivity index (χ3v) is 9.51. The van der Waals surface area contributed by atoms with Gasteiger partial charge in [0.15, 0.2) is 0 Å². The van der Waals surface area contributed by atoms with Crippen molar-refractivity contribution in [2.75, 3.05) is 12.4 Å². The number of nitrogens with zero attached hydrogens (tertiary/aromatic N) is 1. The fourth-order valence-electron chi connectivity index (χ4n) is 7.17. The quantitative estimate of drug-likeness (QED) is 0.516. The zero-order valence-electron chi connectivity index (χ0n) is 23.2. The van der Waals surface area contributed by atoms with E-state index in [1.165, 1.54) is 0 Å². The average Bonchev–Trinajstić information content (AvgIpc) is 3.60. The van der Waals surface area contributed by atoms with Crippen LogP contribution in [0.1, 0.15) is 38.7 Å². The van der Waals surface area contributed by atoms with Gasteiger partial charge in [-0.3, -0.25) is 14.4 Å². The second-order valence-electron chi connectivity index (χ2n) is 11.8. The predicted octanol–water partition coefficient (Wildman–Crippen LogP) is 3.93. The molecule has 1 spiro atoms. The molecule has 0 aromatic heterocycles. The van der Waals surface area contributed by atoms with E-state index in [1.54, 1.807) is 36.3 Å². The van der Waals surface area contributed by atoms with E-state index in [0.717, 1.165) is 24.8 Å². The molecule has 3 fully saturated rings. The Hall–Kier alpha value is -3.65. The van der Waals surface area contributed by atoms with Gasteiger partial charge in [0.1, 0.15) is 17.4 Å². The Morgan fingerprint density at radius 2 is 1.80 bits per heavy atom. The van der Waals surface area contributed by atoms with E-state index in [2.05, 4.69) is 24.5 Å². The minimum Gasteiger partial charge on any atom is -0.497 e. The number of carbonyl (C=O) groups is 3. The second-order valence-corrected chi connectivity index (χ2v) is 11.8. The molecular weight excluding hydrogens is 506 g/mol. The molecule has 0 radical (unpaired) electrons. The van der Waals surface area contributed by atoms with E-state index < -0.39 is 29.6 Å². The number of benzene rings is 2. The van der Waals surface area contributed by atoms with Gasteiger partial charge >= 0.3 is 0 Å². The summed E-state index contributed by atoms with van der Waals surface area (Å²) in [6.45, 7) is 4.69. The van der Waals surface area contributed by atoms with Crippen LogP contribution in [0.5, 0.6) is 5.75 Å². The summed E-state index contributed by atoms with van der Waals surface area (Å²) in [6.07, 6.45) is 6.27. The van der Waals surface area contributed by atoms with Crippen LogP contribution in [0.15, 0.2) is 66.7 Å². The van der Waals surface area contributed by atoms with E-state index >= 15 is 0 Å². The summed E-state index contributed by atoms with van der Waals surface area (Å²) in [4.78, 5) is 43.6. The number of hydrogen-bond acceptors (Lipinski definition) is 5. The van der Waals surface area contributed by atoms with E-state index in [1.807, 2.05) is 42.5 Å². The highest BCUT2D eigenvalue weighted by atomic mass is 16.5. The van der Waals surface area contributed by atoms with Gasteiger partial charge in [0.2, 0.25) is 17.7 Å². The molecule has 40 heavy (non-hydrogen) atoms. The van der Waals surface area contributed by atoms with Crippen molar-refractivity contribution in [1.82, 2.24) is 10.2 Å². The fraction of sp³-hybridized carbons (Fsp3) is 0.469. The van der Waals surface area contributed by atoms with Gasteiger partial charge in [-0.2, -0.15) is 0 Å². The Morgan fingerprint density at radius 3 is 2.52 bits per heavy atom. The number of fused-ring (bicyclic) bond motifs is 1. The maximum absolute atomic E-state index is 14.2. The molecule has 1 aliphatic carbocycles. The number of nitrogens with one attached hydrogen (secondary N) is 2. The first-order valence-corrected chi connectivity index (χ1v) is 14.3. The highest BCUT2D eigenvalue weighted by Gasteiger charge is 2.72. The van der Waals surface area contributed by atoms with Crippen LogP contribution < -0.4 is 15.4 Å². The first-order valence-electron chi connectivity index (χ1n) is 14.3. The normalized spacial score (nSPS) is 34.0. The Bertz CT molecular complexity index is 1310. The molecule has 2 aromatic rings. The van der Waals surface area contributed by atoms with Crippen LogP contribution in [-0.4, -0.2) is 53.5 Å². The molecule has 2 aromatic carbocycles. The summed E-state index contributed by atoms with van der Waals surface area (Å²) < 4.78 is 11.7. The lowest BCUT2D eigenvalue weighted by molar-refractivity contribution is -0.142. The van der Waals surface area contributed by atoms with Gasteiger partial charge in [0, 0.05) is 18.3 Å². The minimum atomic E-state index is -1.19. The SMILES string of the molecule is COc1ccc(NC(=O)C2C3C=CC4(O3)C2C(=O)N(Cc2ccccc2)C4C(=O)NC2CCCC(C)C2C)cc1. The van der Waals surface area contributed by atoms with Crippen molar-refractivity contribution in [3.05, 3.63) is 72.3 Å². The lowest BCUT2D eigenvalue weighted by atomic mass is 9.73. The second kappa shape index (κ2) is 10.4. The molecule has 2 bridgehead atoms. The number of likely N-dealkylation sites (tertiary alicyclic amines) is 1. The van der Waals surface area contributed by atoms with Crippen molar-refractivity contribution in [2.45, 2.75) is 63.4 Å². The summed E-state index contributed by atoms with van der Waals surface area (Å²) in [7, 11) is 1.58. The molecule has 3 heterocycles. The van der Waals surface area contributed by atoms with E-state index in [0.29, 0.717) is 23.3 Å². The van der Waals surface area contributed by atoms with E-state index in [4.69, 9.17) is 9.47 Å². The first-order chi connectivity index (χ1) is 19.3. The number of ether oxygens (including phenoxy) is 2. The molecule has 210 valence electrons. The zero-order chi connectivity index (χ0) is 28.0. The lowest BCUT2D eigenvalue weighted by Gasteiger charge is -2.38. The Balaban J connectivity index is 1.31. The number of methoxy groups -OCH3 is 1. The smallest absolute Gasteiger partial charge is 0.246 e. The molecule has 3 aliphatic heterocycles. The molecule has 6 rings (SSSR count). The van der Waals surface area contributed by atoms with Gasteiger partial charge in [0.05, 0.1) is 25.0 Å². The number of rotatable bonds is 7. The summed E-state index contributed by atoms with van der Waals surface area (Å²) in [5.74, 6) is -0.733. The van der Waals surface area contributed by atoms with Gasteiger partial charge in [-0.25, -0.2) is 0 Å². The summed E-state index contributed by atoms with van der Waals surface area (Å²) in [6, 6.07) is 15.9. The largest absolute Gasteiger partial charge is 0.497 e. The summed E-state index contributed by atoms with van der Waals surface area (Å²) in [5.41, 5.74) is 0.335. The molecule has 4 aliphatic rings. The number of amides is 3. The summed E-state index contributed by atoms with van der Waals surface area (Å²) >= 11 is 0. The Labute approximate surface area is 235 Å². The Morgan fingerprint density at radius 1 is 1.05 bits per heavy atom. The highest BCUT2D eigenvalue weighted by molar-refractivity contribution is 6.02. The van der Waals surface area contributed by atoms with Crippen molar-refractivity contribution < 1.29 is 23.9 Å². The van der Waals surface area contributed by atoms with Crippen LogP contribution in [0.4, 0.5) is 5.69 Å². The third-order valence-electron chi connectivity index (χ3n) is 9.51. The maximum atomic E-state index is 14.2. The Kier molecular flexibility index (Phi) is 6.90. The van der Waals surface area contributed by atoms with Gasteiger partial charge in [-0.05, 0) is 48.1 Å². The number of hydrogen-bond donors (Lipinski definition) is 2. The van der Waals surface area contributed by atoms with Gasteiger partial charge in [-0.15, -0.1) is 0 Å². The molecule has 2 saturated heterocycles. The molecule has 1 saturated carbocycles. The summed E-state index contributed by atoms with van der Waals surface area (Å²) in [5, 5.41) is 6.26. The topological polar surface area (TPSA) is 97.0 Å². The fourth-order valence-corrected chi connectivity index (χ4v) is 7.17. The van der Waals surface area contributed by atoms with E-state index in [9.17, 15) is 14.4 Å². The third kappa shape index (κ3) is 4.38. The van der Waals surface area contributed by atoms with Crippen LogP contribution in [-0.2, 0) is 25.7 Å². The van der Waals surface area contributed by atoms with Crippen molar-refractivity contribution in [3.8, 4) is 5.75 Å². The molecule has 8 nitrogen and oxygen atoms in total. The van der Waals surface area contributed by atoms with Crippen molar-refractivity contribution in [1.29, 1.82) is 0 Å². The molecule has 8 heteroatoms. The predicted molar refractivity (Wildman–Crippen MR) is 150 cm³/mol. The maximum Gasteiger partial charge on any atom is 0.246 e. The number of anilines is 1. The molecule has 2 N–H and O–H groups in total. The van der Waals surface area contributed by atoms with Crippen LogP contribution in [0.3, 0.4) is 0 Å². The van der Waals surface area contributed by atoms with Gasteiger partial charge in [-0.1, -0.05) is 69.2 Å². The standard InChI is InChI=1S/C32H37N3O5/c1-19-8-7-11-24(20(19)2)34-30(37)28-32-17-16-25(40-32)26(29(36)33-22-12-14-23(39-3)15-13-22)27(32)31(38)35(28)18-21-9-5-4-6-10-21/h4-6,9-10,12-17,19-20,24-28H,7-8,11,18H2,1-3H3,(H,33,36)(H,34,37). The van der Waals surface area contributed by atoms with Gasteiger partial charge in [0.25, 0.3) is 0 Å². The monoisotopic (exact) mass is 543 g/mol. The first kappa shape index (κ1) is 26.6. The van der Waals surface area contributed by atoms with Gasteiger partial charge < -0.3 is 25.0 Å². The molecule has 3 amide bonds. The molecular formula is C32H37N3O5. The van der Waals surface area contributed by atoms with Crippen molar-refractivity contribution in [3.63, 3.8) is 0 Å². The molecule has 8 unspecified atom stereocenters. The number of carbonyl (C=O) groups excluding carboxylic acids is 3. The lowest BCUT2D eigenvalue weighted by Crippen LogP contribution is -2.57. The van der Waals surface area contributed by atoms with Crippen LogP contribution >= 0.6 is 0 Å². The van der Waals surface area contributed by atoms with Crippen LogP contribution in [0.25, 0.3) is 0 Å².